The third kappa shape index (κ3) is 3.40. The summed E-state index contributed by atoms with van der Waals surface area (Å²) < 4.78 is 17.2. The number of hydrogen-bond donors (Lipinski definition) is 0. The zero-order valence-corrected chi connectivity index (χ0v) is 16.8. The molecule has 31 heavy (non-hydrogen) atoms. The van der Waals surface area contributed by atoms with Gasteiger partial charge in [0, 0.05) is 5.56 Å². The van der Waals surface area contributed by atoms with E-state index < -0.39 is 0 Å². The molecule has 0 spiro atoms. The van der Waals surface area contributed by atoms with E-state index in [1.807, 2.05) is 49.4 Å². The number of hydrogen-bond acceptors (Lipinski definition) is 5. The van der Waals surface area contributed by atoms with Crippen LogP contribution in [0.25, 0.3) is 33.3 Å². The van der Waals surface area contributed by atoms with Crippen molar-refractivity contribution in [2.45, 2.75) is 6.92 Å². The van der Waals surface area contributed by atoms with Crippen molar-refractivity contribution >= 4 is 27.5 Å². The van der Waals surface area contributed by atoms with E-state index in [0.29, 0.717) is 22.3 Å². The Labute approximate surface area is 177 Å². The maximum absolute atomic E-state index is 13.2. The van der Waals surface area contributed by atoms with Gasteiger partial charge in [-0.2, -0.15) is 0 Å². The Morgan fingerprint density at radius 2 is 1.77 bits per heavy atom. The fourth-order valence-corrected chi connectivity index (χ4v) is 3.67. The van der Waals surface area contributed by atoms with Crippen LogP contribution in [0.1, 0.15) is 15.9 Å². The van der Waals surface area contributed by atoms with E-state index in [4.69, 9.17) is 13.6 Å². The van der Waals surface area contributed by atoms with E-state index in [1.165, 1.54) is 6.26 Å². The largest absolute Gasteiger partial charge is 0.478 e. The molecule has 5 aromatic rings. The van der Waals surface area contributed by atoms with Gasteiger partial charge in [0.2, 0.25) is 22.7 Å². The number of rotatable bonds is 5. The Bertz CT molecular complexity index is 1470. The Balaban J connectivity index is 1.56. The molecule has 2 aromatic heterocycles. The summed E-state index contributed by atoms with van der Waals surface area (Å²) in [5, 5.41) is 2.18. The fourth-order valence-electron chi connectivity index (χ4n) is 3.67. The maximum atomic E-state index is 13.2. The van der Waals surface area contributed by atoms with Gasteiger partial charge in [-0.1, -0.05) is 48.5 Å². The lowest BCUT2D eigenvalue weighted by Crippen LogP contribution is -2.17. The van der Waals surface area contributed by atoms with Crippen molar-refractivity contribution in [2.24, 2.45) is 0 Å². The number of furan rings is 1. The lowest BCUT2D eigenvalue weighted by atomic mass is 10.0. The van der Waals surface area contributed by atoms with Crippen LogP contribution in [0.3, 0.4) is 0 Å². The quantitative estimate of drug-likeness (QED) is 0.344. The SMILES string of the molecule is Cc1ccc2c(=O)c(OCC(=O)c3cccc4ccccc34)c(-c3ccco3)oc2c1. The summed E-state index contributed by atoms with van der Waals surface area (Å²) in [6.07, 6.45) is 1.49. The molecule has 0 radical (unpaired) electrons. The second kappa shape index (κ2) is 7.61. The molecule has 5 rings (SSSR count). The van der Waals surface area contributed by atoms with Gasteiger partial charge in [-0.25, -0.2) is 0 Å². The van der Waals surface area contributed by atoms with Gasteiger partial charge < -0.3 is 13.6 Å². The average molecular weight is 410 g/mol. The lowest BCUT2D eigenvalue weighted by molar-refractivity contribution is 0.0922. The van der Waals surface area contributed by atoms with Crippen LogP contribution in [0.15, 0.2) is 92.7 Å². The molecule has 0 fully saturated rings. The number of benzene rings is 3. The van der Waals surface area contributed by atoms with Crippen LogP contribution in [0.2, 0.25) is 0 Å². The number of fused-ring (bicyclic) bond motifs is 2. The zero-order chi connectivity index (χ0) is 21.4. The Kier molecular flexibility index (Phi) is 4.64. The minimum absolute atomic E-state index is 0.0418. The maximum Gasteiger partial charge on any atom is 0.235 e. The third-order valence-corrected chi connectivity index (χ3v) is 5.19. The molecule has 5 nitrogen and oxygen atoms in total. The summed E-state index contributed by atoms with van der Waals surface area (Å²) in [7, 11) is 0. The first-order valence-electron chi connectivity index (χ1n) is 9.87. The van der Waals surface area contributed by atoms with Crippen molar-refractivity contribution in [3.63, 3.8) is 0 Å². The van der Waals surface area contributed by atoms with Crippen LogP contribution in [0.4, 0.5) is 0 Å². The second-order valence-electron chi connectivity index (χ2n) is 7.30. The average Bonchev–Trinajstić information content (AvgIpc) is 3.32. The third-order valence-electron chi connectivity index (χ3n) is 5.19. The number of ketones is 1. The van der Waals surface area contributed by atoms with Gasteiger partial charge in [0.05, 0.1) is 11.6 Å². The van der Waals surface area contributed by atoms with E-state index in [9.17, 15) is 9.59 Å². The van der Waals surface area contributed by atoms with E-state index in [2.05, 4.69) is 0 Å². The fraction of sp³-hybridized carbons (Fsp3) is 0.0769. The van der Waals surface area contributed by atoms with Gasteiger partial charge in [-0.05, 0) is 47.5 Å². The Morgan fingerprint density at radius 3 is 2.61 bits per heavy atom. The van der Waals surface area contributed by atoms with Gasteiger partial charge in [-0.15, -0.1) is 0 Å². The molecule has 0 saturated carbocycles. The topological polar surface area (TPSA) is 69.7 Å². The summed E-state index contributed by atoms with van der Waals surface area (Å²) in [6.45, 7) is 1.61. The highest BCUT2D eigenvalue weighted by atomic mass is 16.5. The number of aryl methyl sites for hydroxylation is 1. The summed E-state index contributed by atoms with van der Waals surface area (Å²) in [5.41, 5.74) is 1.58. The van der Waals surface area contributed by atoms with Crippen LogP contribution in [-0.2, 0) is 0 Å². The Hall–Kier alpha value is -4.12. The number of carbonyl (C=O) groups excluding carboxylic acids is 1. The van der Waals surface area contributed by atoms with Crippen molar-refractivity contribution in [1.29, 1.82) is 0 Å². The molecule has 0 aliphatic carbocycles. The van der Waals surface area contributed by atoms with Crippen molar-refractivity contribution in [3.8, 4) is 17.3 Å². The van der Waals surface area contributed by atoms with Crippen LogP contribution < -0.4 is 10.2 Å². The summed E-state index contributed by atoms with van der Waals surface area (Å²) in [4.78, 5) is 26.1. The van der Waals surface area contributed by atoms with Gasteiger partial charge in [-0.3, -0.25) is 9.59 Å². The predicted octanol–water partition coefficient (Wildman–Crippen LogP) is 5.78. The van der Waals surface area contributed by atoms with Crippen LogP contribution in [0.5, 0.6) is 5.75 Å². The summed E-state index contributed by atoms with van der Waals surface area (Å²) >= 11 is 0. The number of Topliss-reactive ketones (excluding diaryl/α,β-unsaturated/α-hetero) is 1. The molecule has 0 unspecified atom stereocenters. The standard InChI is InChI=1S/C26H18O5/c1-16-11-12-20-23(14-16)31-25(22-10-5-13-29-22)26(24(20)28)30-15-21(27)19-9-4-7-17-6-2-3-8-18(17)19/h2-14H,15H2,1H3. The first-order chi connectivity index (χ1) is 15.1. The highest BCUT2D eigenvalue weighted by Gasteiger charge is 2.21. The number of carbonyl (C=O) groups is 1. The Morgan fingerprint density at radius 1 is 0.935 bits per heavy atom. The highest BCUT2D eigenvalue weighted by molar-refractivity contribution is 6.08. The molecular weight excluding hydrogens is 392 g/mol. The minimum Gasteiger partial charge on any atom is -0.478 e. The molecule has 0 atom stereocenters. The predicted molar refractivity (Wildman–Crippen MR) is 119 cm³/mol. The molecule has 0 N–H and O–H groups in total. The smallest absolute Gasteiger partial charge is 0.235 e. The summed E-state index contributed by atoms with van der Waals surface area (Å²) in [5.74, 6) is 0.248. The van der Waals surface area contributed by atoms with E-state index in [0.717, 1.165) is 16.3 Å². The number of ether oxygens (including phenoxy) is 1. The minimum atomic E-state index is -0.349. The van der Waals surface area contributed by atoms with Gasteiger partial charge in [0.15, 0.2) is 12.4 Å². The van der Waals surface area contributed by atoms with Crippen molar-refractivity contribution in [3.05, 3.63) is 100 Å². The summed E-state index contributed by atoms with van der Waals surface area (Å²) in [6, 6.07) is 21.9. The second-order valence-corrected chi connectivity index (χ2v) is 7.30. The molecule has 2 heterocycles. The molecule has 0 aliphatic rings. The van der Waals surface area contributed by atoms with Gasteiger partial charge >= 0.3 is 0 Å². The lowest BCUT2D eigenvalue weighted by Gasteiger charge is -2.11. The zero-order valence-electron chi connectivity index (χ0n) is 16.8. The first kappa shape index (κ1) is 18.9. The van der Waals surface area contributed by atoms with E-state index in [-0.39, 0.29) is 29.3 Å². The monoisotopic (exact) mass is 410 g/mol. The molecule has 5 heteroatoms. The highest BCUT2D eigenvalue weighted by Crippen LogP contribution is 2.31. The molecule has 0 amide bonds. The van der Waals surface area contributed by atoms with Gasteiger partial charge in [0.1, 0.15) is 5.58 Å². The van der Waals surface area contributed by atoms with E-state index in [1.54, 1.807) is 30.3 Å². The molecule has 152 valence electrons. The van der Waals surface area contributed by atoms with Crippen molar-refractivity contribution in [1.82, 2.24) is 0 Å². The van der Waals surface area contributed by atoms with Crippen molar-refractivity contribution in [2.75, 3.05) is 6.61 Å². The van der Waals surface area contributed by atoms with Crippen LogP contribution >= 0.6 is 0 Å². The molecular formula is C26H18O5. The first-order valence-corrected chi connectivity index (χ1v) is 9.87. The van der Waals surface area contributed by atoms with Crippen LogP contribution in [0, 0.1) is 6.92 Å². The van der Waals surface area contributed by atoms with Gasteiger partial charge in [0.25, 0.3) is 0 Å². The van der Waals surface area contributed by atoms with E-state index >= 15 is 0 Å². The molecule has 0 saturated heterocycles. The molecule has 0 bridgehead atoms. The molecule has 3 aromatic carbocycles. The van der Waals surface area contributed by atoms with Crippen LogP contribution in [-0.4, -0.2) is 12.4 Å². The van der Waals surface area contributed by atoms with Crippen molar-refractivity contribution < 1.29 is 18.4 Å². The molecule has 0 aliphatic heterocycles. The normalized spacial score (nSPS) is 11.1.